The van der Waals surface area contributed by atoms with E-state index < -0.39 is 15.6 Å². The van der Waals surface area contributed by atoms with E-state index in [9.17, 15) is 18.3 Å². The van der Waals surface area contributed by atoms with Crippen molar-refractivity contribution in [3.63, 3.8) is 0 Å². The van der Waals surface area contributed by atoms with Crippen molar-refractivity contribution in [2.45, 2.75) is 43.4 Å². The number of pyridine rings is 1. The zero-order chi connectivity index (χ0) is 21.6. The number of para-hydroxylation sites is 1. The molecule has 0 unspecified atom stereocenters. The topological polar surface area (TPSA) is 113 Å². The highest BCUT2D eigenvalue weighted by Gasteiger charge is 2.30. The smallest absolute Gasteiger partial charge is 0.286 e. The Morgan fingerprint density at radius 2 is 1.84 bits per heavy atom. The third-order valence-electron chi connectivity index (χ3n) is 5.52. The first-order valence-corrected chi connectivity index (χ1v) is 12.4. The van der Waals surface area contributed by atoms with Crippen molar-refractivity contribution < 1.29 is 13.5 Å². The van der Waals surface area contributed by atoms with Gasteiger partial charge in [-0.15, -0.1) is 15.7 Å². The van der Waals surface area contributed by atoms with Crippen molar-refractivity contribution in [3.05, 3.63) is 51.6 Å². The highest BCUT2D eigenvalue weighted by atomic mass is 32.2. The van der Waals surface area contributed by atoms with Crippen LogP contribution in [0.25, 0.3) is 10.2 Å². The molecule has 0 atom stereocenters. The van der Waals surface area contributed by atoms with Crippen LogP contribution in [0.2, 0.25) is 0 Å². The molecule has 160 valence electrons. The number of thiophene rings is 1. The van der Waals surface area contributed by atoms with Crippen LogP contribution in [0.3, 0.4) is 0 Å². The van der Waals surface area contributed by atoms with Gasteiger partial charge in [0.1, 0.15) is 10.5 Å². The lowest BCUT2D eigenvalue weighted by Gasteiger charge is -2.19. The maximum absolute atomic E-state index is 13.5. The number of aromatic nitrogens is 1. The van der Waals surface area contributed by atoms with E-state index in [1.54, 1.807) is 29.6 Å². The molecule has 0 radical (unpaired) electrons. The minimum Gasteiger partial charge on any atom is -0.505 e. The van der Waals surface area contributed by atoms with Crippen LogP contribution < -0.4 is 10.9 Å². The molecule has 10 heteroatoms. The van der Waals surface area contributed by atoms with Gasteiger partial charge in [0.05, 0.1) is 15.9 Å². The van der Waals surface area contributed by atoms with E-state index in [4.69, 9.17) is 0 Å². The number of hydrogen-bond donors (Lipinski definition) is 2. The summed E-state index contributed by atoms with van der Waals surface area (Å²) in [5.41, 5.74) is 0.916. The average molecular weight is 457 g/mol. The van der Waals surface area contributed by atoms with Crippen molar-refractivity contribution in [2.24, 2.45) is 9.50 Å². The van der Waals surface area contributed by atoms with E-state index in [0.717, 1.165) is 44.2 Å². The van der Waals surface area contributed by atoms with Gasteiger partial charge in [0, 0.05) is 5.71 Å². The maximum Gasteiger partial charge on any atom is 0.286 e. The molecule has 2 aliphatic rings. The van der Waals surface area contributed by atoms with Crippen LogP contribution in [0.4, 0.5) is 5.69 Å². The van der Waals surface area contributed by atoms with Gasteiger partial charge in [-0.1, -0.05) is 25.0 Å². The minimum atomic E-state index is -4.02. The van der Waals surface area contributed by atoms with Gasteiger partial charge in [-0.25, -0.2) is 0 Å². The lowest BCUT2D eigenvalue weighted by molar-refractivity contribution is 0.479. The largest absolute Gasteiger partial charge is 0.505 e. The monoisotopic (exact) mass is 456 g/mol. The zero-order valence-electron chi connectivity index (χ0n) is 16.5. The number of aromatic hydroxyl groups is 1. The van der Waals surface area contributed by atoms with E-state index in [0.29, 0.717) is 15.9 Å². The molecule has 0 spiro atoms. The first kappa shape index (κ1) is 20.0. The molecule has 2 N–H and O–H groups in total. The van der Waals surface area contributed by atoms with Crippen LogP contribution in [0.15, 0.2) is 54.9 Å². The quantitative estimate of drug-likeness (QED) is 0.568. The molecule has 0 bridgehead atoms. The van der Waals surface area contributed by atoms with Gasteiger partial charge in [0.15, 0.2) is 11.6 Å². The highest BCUT2D eigenvalue weighted by molar-refractivity contribution is 7.90. The summed E-state index contributed by atoms with van der Waals surface area (Å²) in [6.45, 7) is 0. The number of fused-ring (bicyclic) bond motifs is 2. The van der Waals surface area contributed by atoms with Crippen LogP contribution in [-0.2, 0) is 10.0 Å². The molecule has 1 aliphatic carbocycles. The molecule has 3 aromatic rings. The number of anilines is 1. The number of amidine groups is 1. The Kier molecular flexibility index (Phi) is 4.90. The van der Waals surface area contributed by atoms with Crippen molar-refractivity contribution in [2.75, 3.05) is 5.32 Å². The molecule has 1 aliphatic heterocycles. The number of nitrogens with one attached hydrogen (secondary N) is 1. The number of rotatable bonds is 2. The molecular formula is C21H20N4O4S2. The third kappa shape index (κ3) is 3.45. The number of sulfonamides is 1. The number of benzene rings is 1. The second-order valence-corrected chi connectivity index (χ2v) is 10.1. The molecule has 5 rings (SSSR count). The van der Waals surface area contributed by atoms with Gasteiger partial charge in [0.25, 0.3) is 15.6 Å². The highest BCUT2D eigenvalue weighted by Crippen LogP contribution is 2.34. The van der Waals surface area contributed by atoms with Crippen LogP contribution >= 0.6 is 11.3 Å². The van der Waals surface area contributed by atoms with E-state index in [1.165, 1.54) is 22.1 Å². The second-order valence-electron chi connectivity index (χ2n) is 7.59. The zero-order valence-corrected chi connectivity index (χ0v) is 18.2. The Bertz CT molecular complexity index is 1410. The molecule has 1 saturated carbocycles. The van der Waals surface area contributed by atoms with Gasteiger partial charge in [-0.05, 0) is 49.3 Å². The summed E-state index contributed by atoms with van der Waals surface area (Å²) in [6.07, 6.45) is 5.95. The standard InChI is InChI=1S/C21H20N4O4S2/c26-18-17(20-22-14-9-5-6-10-16(14)31(28,29)24-20)21(27)25(15-11-12-30-19(15)18)23-13-7-3-1-2-4-8-13/h5-6,9-12,26H,1-4,7-8H2,(H,22,24). The van der Waals surface area contributed by atoms with Crippen molar-refractivity contribution in [1.82, 2.24) is 4.68 Å². The van der Waals surface area contributed by atoms with Crippen molar-refractivity contribution >= 4 is 48.8 Å². The molecule has 31 heavy (non-hydrogen) atoms. The van der Waals surface area contributed by atoms with Gasteiger partial charge >= 0.3 is 0 Å². The summed E-state index contributed by atoms with van der Waals surface area (Å²) in [5.74, 6) is -0.500. The predicted octanol–water partition coefficient (Wildman–Crippen LogP) is 3.89. The predicted molar refractivity (Wildman–Crippen MR) is 122 cm³/mol. The van der Waals surface area contributed by atoms with Gasteiger partial charge in [-0.2, -0.15) is 18.2 Å². The molecule has 0 saturated heterocycles. The minimum absolute atomic E-state index is 0.0227. The lowest BCUT2D eigenvalue weighted by atomic mass is 10.2. The summed E-state index contributed by atoms with van der Waals surface area (Å²) < 4.78 is 30.9. The van der Waals surface area contributed by atoms with E-state index in [2.05, 4.69) is 14.8 Å². The summed E-state index contributed by atoms with van der Waals surface area (Å²) in [5, 5.41) is 20.2. The maximum atomic E-state index is 13.5. The normalized spacial score (nSPS) is 18.1. The summed E-state index contributed by atoms with van der Waals surface area (Å²) >= 11 is 1.26. The van der Waals surface area contributed by atoms with Gasteiger partial charge in [-0.3, -0.25) is 4.79 Å². The van der Waals surface area contributed by atoms with Crippen LogP contribution in [0.5, 0.6) is 5.75 Å². The van der Waals surface area contributed by atoms with Crippen LogP contribution in [-0.4, -0.2) is 29.7 Å². The molecule has 1 aromatic carbocycles. The summed E-state index contributed by atoms with van der Waals surface area (Å²) in [6, 6.07) is 8.05. The molecular weight excluding hydrogens is 436 g/mol. The molecule has 1 fully saturated rings. The van der Waals surface area contributed by atoms with E-state index >= 15 is 0 Å². The Balaban J connectivity index is 1.73. The molecule has 3 heterocycles. The number of nitrogens with zero attached hydrogens (tertiary/aromatic N) is 3. The first-order chi connectivity index (χ1) is 15.0. The SMILES string of the molecule is O=c1c(C2=NS(=O)(=O)c3ccccc3N2)c(O)c2sccc2n1N=C1CCCCCC1. The van der Waals surface area contributed by atoms with Gasteiger partial charge < -0.3 is 10.4 Å². The third-order valence-corrected chi connectivity index (χ3v) is 7.76. The fourth-order valence-electron chi connectivity index (χ4n) is 3.99. The fraction of sp³-hybridized carbons (Fsp3) is 0.286. The summed E-state index contributed by atoms with van der Waals surface area (Å²) in [4.78, 5) is 13.5. The van der Waals surface area contributed by atoms with Crippen molar-refractivity contribution in [3.8, 4) is 5.75 Å². The van der Waals surface area contributed by atoms with Gasteiger partial charge in [0.2, 0.25) is 0 Å². The number of hydrogen-bond acceptors (Lipinski definition) is 7. The van der Waals surface area contributed by atoms with Crippen LogP contribution in [0.1, 0.15) is 44.1 Å². The first-order valence-electron chi connectivity index (χ1n) is 10.1. The van der Waals surface area contributed by atoms with E-state index in [-0.39, 0.29) is 22.0 Å². The molecule has 8 nitrogen and oxygen atoms in total. The Labute approximate surface area is 182 Å². The van der Waals surface area contributed by atoms with E-state index in [1.807, 2.05) is 0 Å². The second kappa shape index (κ2) is 7.61. The van der Waals surface area contributed by atoms with Crippen molar-refractivity contribution in [1.29, 1.82) is 0 Å². The average Bonchev–Trinajstić information content (AvgIpc) is 3.09. The van der Waals surface area contributed by atoms with Crippen LogP contribution in [0, 0.1) is 0 Å². The Morgan fingerprint density at radius 3 is 2.61 bits per heavy atom. The fourth-order valence-corrected chi connectivity index (χ4v) is 5.94. The molecule has 2 aromatic heterocycles. The Hall–Kier alpha value is -2.98. The Morgan fingerprint density at radius 1 is 1.10 bits per heavy atom. The lowest BCUT2D eigenvalue weighted by Crippen LogP contribution is -2.31. The summed E-state index contributed by atoms with van der Waals surface area (Å²) in [7, 11) is -4.02. The molecule has 0 amide bonds.